The minimum absolute atomic E-state index is 0.131. The second-order valence-corrected chi connectivity index (χ2v) is 6.48. The molecule has 0 aliphatic heterocycles. The Labute approximate surface area is 137 Å². The van der Waals surface area contributed by atoms with E-state index in [2.05, 4.69) is 51.2 Å². The van der Waals surface area contributed by atoms with Gasteiger partial charge in [0.05, 0.1) is 0 Å². The minimum atomic E-state index is 0.131. The summed E-state index contributed by atoms with van der Waals surface area (Å²) in [6.45, 7) is 8.55. The van der Waals surface area contributed by atoms with Crippen molar-refractivity contribution in [3.63, 3.8) is 0 Å². The average Bonchev–Trinajstić information content (AvgIpc) is 2.43. The lowest BCUT2D eigenvalue weighted by atomic mass is 9.98. The summed E-state index contributed by atoms with van der Waals surface area (Å²) in [5.41, 5.74) is 4.92. The Morgan fingerprint density at radius 3 is 2.24 bits per heavy atom. The van der Waals surface area contributed by atoms with Crippen LogP contribution in [0.4, 0.5) is 0 Å². The Kier molecular flexibility index (Phi) is 5.32. The number of hydrogen-bond donors (Lipinski definition) is 1. The van der Waals surface area contributed by atoms with Crippen LogP contribution in [0.15, 0.2) is 36.4 Å². The predicted octanol–water partition coefficient (Wildman–Crippen LogP) is 6.02. The molecule has 1 N–H and O–H groups in total. The molecule has 2 aromatic rings. The Bertz CT molecular complexity index is 582. The van der Waals surface area contributed by atoms with Crippen molar-refractivity contribution in [2.45, 2.75) is 39.8 Å². The van der Waals surface area contributed by atoms with E-state index in [-0.39, 0.29) is 12.1 Å². The zero-order valence-electron chi connectivity index (χ0n) is 12.9. The second kappa shape index (κ2) is 6.83. The zero-order valence-corrected chi connectivity index (χ0v) is 14.4. The molecule has 0 amide bonds. The smallest absolute Gasteiger partial charge is 0.0454 e. The standard InChI is InChI=1S/C18H21Cl2N/c1-11-5-6-12(2)16(9-11)13(3)21-14(4)17-10-15(19)7-8-18(17)20/h5-10,13-14,21H,1-4H3. The number of rotatable bonds is 4. The lowest BCUT2D eigenvalue weighted by molar-refractivity contribution is 0.493. The molecule has 0 aliphatic rings. The molecular weight excluding hydrogens is 301 g/mol. The van der Waals surface area contributed by atoms with E-state index in [0.717, 1.165) is 10.6 Å². The van der Waals surface area contributed by atoms with E-state index in [1.165, 1.54) is 16.7 Å². The maximum atomic E-state index is 6.28. The van der Waals surface area contributed by atoms with Gasteiger partial charge in [-0.2, -0.15) is 0 Å². The average molecular weight is 322 g/mol. The van der Waals surface area contributed by atoms with E-state index in [1.807, 2.05) is 18.2 Å². The lowest BCUT2D eigenvalue weighted by Crippen LogP contribution is -2.23. The fourth-order valence-electron chi connectivity index (χ4n) is 2.63. The fourth-order valence-corrected chi connectivity index (χ4v) is 3.09. The van der Waals surface area contributed by atoms with Crippen LogP contribution in [0.3, 0.4) is 0 Å². The number of halogens is 2. The number of benzene rings is 2. The Morgan fingerprint density at radius 1 is 0.857 bits per heavy atom. The third kappa shape index (κ3) is 4.00. The van der Waals surface area contributed by atoms with Crippen LogP contribution in [-0.4, -0.2) is 0 Å². The molecule has 0 aliphatic carbocycles. The molecule has 2 aromatic carbocycles. The summed E-state index contributed by atoms with van der Waals surface area (Å²) < 4.78 is 0. The van der Waals surface area contributed by atoms with Crippen LogP contribution in [-0.2, 0) is 0 Å². The van der Waals surface area contributed by atoms with Gasteiger partial charge >= 0.3 is 0 Å². The second-order valence-electron chi connectivity index (χ2n) is 5.64. The normalized spacial score (nSPS) is 14.0. The van der Waals surface area contributed by atoms with Gasteiger partial charge in [0.25, 0.3) is 0 Å². The molecule has 2 rings (SSSR count). The van der Waals surface area contributed by atoms with Crippen molar-refractivity contribution in [1.29, 1.82) is 0 Å². The molecule has 2 unspecified atom stereocenters. The molecule has 0 saturated heterocycles. The van der Waals surface area contributed by atoms with Gasteiger partial charge in [-0.05, 0) is 62.6 Å². The fraction of sp³-hybridized carbons (Fsp3) is 0.333. The number of aryl methyl sites for hydroxylation is 2. The maximum absolute atomic E-state index is 6.28. The van der Waals surface area contributed by atoms with Gasteiger partial charge in [-0.3, -0.25) is 0 Å². The van der Waals surface area contributed by atoms with Crippen LogP contribution in [0.25, 0.3) is 0 Å². The SMILES string of the molecule is Cc1ccc(C)c(C(C)NC(C)c2cc(Cl)ccc2Cl)c1. The van der Waals surface area contributed by atoms with E-state index >= 15 is 0 Å². The molecule has 21 heavy (non-hydrogen) atoms. The van der Waals surface area contributed by atoms with E-state index in [4.69, 9.17) is 23.2 Å². The first-order valence-corrected chi connectivity index (χ1v) is 7.92. The molecule has 3 heteroatoms. The van der Waals surface area contributed by atoms with Crippen LogP contribution in [0.5, 0.6) is 0 Å². The molecular formula is C18H21Cl2N. The molecule has 0 spiro atoms. The molecule has 2 atom stereocenters. The quantitative estimate of drug-likeness (QED) is 0.725. The van der Waals surface area contributed by atoms with Gasteiger partial charge in [-0.25, -0.2) is 0 Å². The summed E-state index contributed by atoms with van der Waals surface area (Å²) in [6.07, 6.45) is 0. The van der Waals surface area contributed by atoms with E-state index in [0.29, 0.717) is 5.02 Å². The molecule has 0 saturated carbocycles. The van der Waals surface area contributed by atoms with Crippen molar-refractivity contribution in [3.05, 3.63) is 68.7 Å². The summed E-state index contributed by atoms with van der Waals surface area (Å²) >= 11 is 12.4. The summed E-state index contributed by atoms with van der Waals surface area (Å²) in [4.78, 5) is 0. The summed E-state index contributed by atoms with van der Waals surface area (Å²) in [5, 5.41) is 5.06. The molecule has 0 heterocycles. The third-order valence-corrected chi connectivity index (χ3v) is 4.41. The van der Waals surface area contributed by atoms with Crippen molar-refractivity contribution in [3.8, 4) is 0 Å². The van der Waals surface area contributed by atoms with Crippen LogP contribution in [0, 0.1) is 13.8 Å². The van der Waals surface area contributed by atoms with E-state index < -0.39 is 0 Å². The van der Waals surface area contributed by atoms with Crippen molar-refractivity contribution < 1.29 is 0 Å². The summed E-state index contributed by atoms with van der Waals surface area (Å²) in [5.74, 6) is 0. The molecule has 0 aromatic heterocycles. The first-order valence-electron chi connectivity index (χ1n) is 7.16. The van der Waals surface area contributed by atoms with Gasteiger partial charge in [-0.1, -0.05) is 47.0 Å². The van der Waals surface area contributed by atoms with Gasteiger partial charge in [-0.15, -0.1) is 0 Å². The molecule has 0 radical (unpaired) electrons. The molecule has 0 fully saturated rings. The van der Waals surface area contributed by atoms with Gasteiger partial charge < -0.3 is 5.32 Å². The van der Waals surface area contributed by atoms with Gasteiger partial charge in [0.15, 0.2) is 0 Å². The number of hydrogen-bond acceptors (Lipinski definition) is 1. The van der Waals surface area contributed by atoms with E-state index in [9.17, 15) is 0 Å². The largest absolute Gasteiger partial charge is 0.304 e. The topological polar surface area (TPSA) is 12.0 Å². The monoisotopic (exact) mass is 321 g/mol. The van der Waals surface area contributed by atoms with Crippen molar-refractivity contribution in [2.75, 3.05) is 0 Å². The first-order chi connectivity index (χ1) is 9.88. The van der Waals surface area contributed by atoms with Crippen LogP contribution in [0.2, 0.25) is 10.0 Å². The number of nitrogens with one attached hydrogen (secondary N) is 1. The van der Waals surface area contributed by atoms with Crippen LogP contribution < -0.4 is 5.32 Å². The van der Waals surface area contributed by atoms with Crippen LogP contribution in [0.1, 0.15) is 48.2 Å². The van der Waals surface area contributed by atoms with Crippen molar-refractivity contribution >= 4 is 23.2 Å². The van der Waals surface area contributed by atoms with E-state index in [1.54, 1.807) is 0 Å². The van der Waals surface area contributed by atoms with Gasteiger partial charge in [0, 0.05) is 22.1 Å². The Hall–Kier alpha value is -1.02. The Morgan fingerprint density at radius 2 is 1.52 bits per heavy atom. The highest BCUT2D eigenvalue weighted by Crippen LogP contribution is 2.29. The zero-order chi connectivity index (χ0) is 15.6. The highest BCUT2D eigenvalue weighted by Gasteiger charge is 2.15. The van der Waals surface area contributed by atoms with Gasteiger partial charge in [0.2, 0.25) is 0 Å². The molecule has 1 nitrogen and oxygen atoms in total. The predicted molar refractivity (Wildman–Crippen MR) is 92.3 cm³/mol. The maximum Gasteiger partial charge on any atom is 0.0454 e. The molecule has 112 valence electrons. The third-order valence-electron chi connectivity index (χ3n) is 3.83. The summed E-state index contributed by atoms with van der Waals surface area (Å²) in [7, 11) is 0. The van der Waals surface area contributed by atoms with Crippen molar-refractivity contribution in [1.82, 2.24) is 5.32 Å². The first kappa shape index (κ1) is 16.4. The Balaban J connectivity index is 2.20. The highest BCUT2D eigenvalue weighted by atomic mass is 35.5. The summed E-state index contributed by atoms with van der Waals surface area (Å²) in [6, 6.07) is 12.5. The lowest BCUT2D eigenvalue weighted by Gasteiger charge is -2.23. The van der Waals surface area contributed by atoms with Crippen molar-refractivity contribution in [2.24, 2.45) is 0 Å². The van der Waals surface area contributed by atoms with Gasteiger partial charge in [0.1, 0.15) is 0 Å². The highest BCUT2D eigenvalue weighted by molar-refractivity contribution is 6.33. The minimum Gasteiger partial charge on any atom is -0.304 e. The molecule has 0 bridgehead atoms. The van der Waals surface area contributed by atoms with Crippen LogP contribution >= 0.6 is 23.2 Å².